The molecule has 0 aromatic heterocycles. The van der Waals surface area contributed by atoms with Gasteiger partial charge in [0.2, 0.25) is 0 Å². The van der Waals surface area contributed by atoms with Gasteiger partial charge in [-0.1, -0.05) is 61.4 Å². The van der Waals surface area contributed by atoms with E-state index >= 15 is 0 Å². The monoisotopic (exact) mass is 419 g/mol. The van der Waals surface area contributed by atoms with E-state index in [1.54, 1.807) is 7.11 Å². The smallest absolute Gasteiger partial charge is 0.120 e. The van der Waals surface area contributed by atoms with Crippen molar-refractivity contribution in [1.29, 1.82) is 0 Å². The minimum Gasteiger partial charge on any atom is -0.497 e. The standard InChI is InChI=1S/C27H33NO3/c1-28(2)20-26(31-19-21-13-14-22-9-4-5-10-23(22)17-21)15-6-7-16-27(26,29)24-11-8-12-25(18-24)30-3/h4-5,8-14,17-18,29H,6-7,15-16,19-20H2,1-3H3. The number of ether oxygens (including phenoxy) is 2. The lowest BCUT2D eigenvalue weighted by Gasteiger charge is -2.51. The topological polar surface area (TPSA) is 41.9 Å². The van der Waals surface area contributed by atoms with Crippen molar-refractivity contribution in [2.75, 3.05) is 27.7 Å². The molecular formula is C27H33NO3. The fraction of sp³-hybridized carbons (Fsp3) is 0.407. The largest absolute Gasteiger partial charge is 0.497 e. The number of rotatable bonds is 7. The molecule has 3 aromatic carbocycles. The average molecular weight is 420 g/mol. The lowest BCUT2D eigenvalue weighted by atomic mass is 9.67. The molecule has 0 saturated heterocycles. The quantitative estimate of drug-likeness (QED) is 0.577. The van der Waals surface area contributed by atoms with Crippen molar-refractivity contribution in [3.63, 3.8) is 0 Å². The zero-order chi connectivity index (χ0) is 21.9. The van der Waals surface area contributed by atoms with E-state index in [0.29, 0.717) is 19.6 Å². The highest BCUT2D eigenvalue weighted by atomic mass is 16.5. The Kier molecular flexibility index (Phi) is 6.33. The molecule has 2 atom stereocenters. The fourth-order valence-electron chi connectivity index (χ4n) is 5.02. The Bertz CT molecular complexity index is 1030. The van der Waals surface area contributed by atoms with Crippen LogP contribution in [0.4, 0.5) is 0 Å². The normalized spacial score (nSPS) is 23.9. The molecule has 2 unspecified atom stereocenters. The Hall–Kier alpha value is -2.40. The van der Waals surface area contributed by atoms with Crippen LogP contribution in [0.1, 0.15) is 36.8 Å². The maximum absolute atomic E-state index is 12.2. The zero-order valence-electron chi connectivity index (χ0n) is 18.8. The van der Waals surface area contributed by atoms with Gasteiger partial charge in [0.15, 0.2) is 0 Å². The molecule has 1 aliphatic rings. The lowest BCUT2D eigenvalue weighted by molar-refractivity contribution is -0.222. The third-order valence-electron chi connectivity index (χ3n) is 6.57. The van der Waals surface area contributed by atoms with Crippen molar-refractivity contribution >= 4 is 10.8 Å². The Labute approximate surface area is 185 Å². The predicted octanol–water partition coefficient (Wildman–Crippen LogP) is 5.13. The molecule has 0 aliphatic heterocycles. The SMILES string of the molecule is COc1cccc(C2(O)CCCCC2(CN(C)C)OCc2ccc3ccccc3c2)c1. The molecule has 0 radical (unpaired) electrons. The van der Waals surface area contributed by atoms with E-state index in [1.807, 2.05) is 38.4 Å². The number of likely N-dealkylation sites (N-methyl/N-ethyl adjacent to an activating group) is 1. The van der Waals surface area contributed by atoms with Crippen LogP contribution in [0.3, 0.4) is 0 Å². The van der Waals surface area contributed by atoms with Gasteiger partial charge in [-0.2, -0.15) is 0 Å². The predicted molar refractivity (Wildman–Crippen MR) is 125 cm³/mol. The van der Waals surface area contributed by atoms with Gasteiger partial charge in [0.1, 0.15) is 17.0 Å². The van der Waals surface area contributed by atoms with Gasteiger partial charge in [0, 0.05) is 6.54 Å². The number of fused-ring (bicyclic) bond motifs is 1. The highest BCUT2D eigenvalue weighted by Crippen LogP contribution is 2.48. The minimum atomic E-state index is -1.08. The van der Waals surface area contributed by atoms with Gasteiger partial charge >= 0.3 is 0 Å². The number of methoxy groups -OCH3 is 1. The lowest BCUT2D eigenvalue weighted by Crippen LogP contribution is -2.60. The first-order valence-electron chi connectivity index (χ1n) is 11.1. The van der Waals surface area contributed by atoms with E-state index in [4.69, 9.17) is 9.47 Å². The maximum Gasteiger partial charge on any atom is 0.120 e. The minimum absolute atomic E-state index is 0.463. The van der Waals surface area contributed by atoms with Crippen LogP contribution in [-0.4, -0.2) is 43.4 Å². The summed E-state index contributed by atoms with van der Waals surface area (Å²) in [5, 5.41) is 14.6. The van der Waals surface area contributed by atoms with Gasteiger partial charge in [-0.15, -0.1) is 0 Å². The van der Waals surface area contributed by atoms with E-state index in [-0.39, 0.29) is 0 Å². The summed E-state index contributed by atoms with van der Waals surface area (Å²) in [6, 6.07) is 22.6. The first-order chi connectivity index (χ1) is 15.0. The summed E-state index contributed by atoms with van der Waals surface area (Å²) in [5.74, 6) is 0.754. The first kappa shape index (κ1) is 21.8. The van der Waals surface area contributed by atoms with Gasteiger partial charge in [0.25, 0.3) is 0 Å². The number of aliphatic hydroxyl groups is 1. The van der Waals surface area contributed by atoms with Crippen LogP contribution in [0.25, 0.3) is 10.8 Å². The van der Waals surface area contributed by atoms with Crippen LogP contribution in [0.5, 0.6) is 5.75 Å². The van der Waals surface area contributed by atoms with Gasteiger partial charge in [-0.05, 0) is 67.0 Å². The van der Waals surface area contributed by atoms with E-state index in [9.17, 15) is 5.11 Å². The Morgan fingerprint density at radius 2 is 1.68 bits per heavy atom. The van der Waals surface area contributed by atoms with Crippen molar-refractivity contribution in [3.8, 4) is 5.75 Å². The van der Waals surface area contributed by atoms with Crippen LogP contribution >= 0.6 is 0 Å². The van der Waals surface area contributed by atoms with Crippen LogP contribution in [-0.2, 0) is 16.9 Å². The van der Waals surface area contributed by atoms with E-state index in [1.165, 1.54) is 10.8 Å². The van der Waals surface area contributed by atoms with E-state index in [0.717, 1.165) is 36.1 Å². The summed E-state index contributed by atoms with van der Waals surface area (Å²) in [6.07, 6.45) is 3.50. The molecule has 1 saturated carbocycles. The van der Waals surface area contributed by atoms with Gasteiger partial charge in [0.05, 0.1) is 13.7 Å². The number of hydrogen-bond donors (Lipinski definition) is 1. The summed E-state index contributed by atoms with van der Waals surface area (Å²) in [5.41, 5.74) is 0.204. The van der Waals surface area contributed by atoms with Crippen molar-refractivity contribution < 1.29 is 14.6 Å². The molecule has 4 heteroatoms. The second kappa shape index (κ2) is 8.99. The summed E-state index contributed by atoms with van der Waals surface area (Å²) < 4.78 is 12.2. The van der Waals surface area contributed by atoms with Crippen molar-refractivity contribution in [3.05, 3.63) is 77.9 Å². The highest BCUT2D eigenvalue weighted by molar-refractivity contribution is 5.82. The van der Waals surface area contributed by atoms with Crippen LogP contribution in [0.2, 0.25) is 0 Å². The highest BCUT2D eigenvalue weighted by Gasteiger charge is 2.54. The summed E-state index contributed by atoms with van der Waals surface area (Å²) in [4.78, 5) is 2.12. The molecule has 4 rings (SSSR count). The average Bonchev–Trinajstić information content (AvgIpc) is 2.79. The van der Waals surface area contributed by atoms with Gasteiger partial charge in [-0.3, -0.25) is 0 Å². The van der Waals surface area contributed by atoms with Crippen molar-refractivity contribution in [2.24, 2.45) is 0 Å². The van der Waals surface area contributed by atoms with Crippen LogP contribution in [0.15, 0.2) is 66.7 Å². The third kappa shape index (κ3) is 4.33. The third-order valence-corrected chi connectivity index (χ3v) is 6.57. The molecule has 164 valence electrons. The molecule has 0 heterocycles. The number of nitrogens with zero attached hydrogens (tertiary/aromatic N) is 1. The van der Waals surface area contributed by atoms with Crippen molar-refractivity contribution in [2.45, 2.75) is 43.5 Å². The molecule has 1 aliphatic carbocycles. The molecule has 0 amide bonds. The summed E-state index contributed by atoms with van der Waals surface area (Å²) in [6.45, 7) is 1.11. The molecule has 1 fully saturated rings. The second-order valence-corrected chi connectivity index (χ2v) is 9.00. The molecule has 4 nitrogen and oxygen atoms in total. The van der Waals surface area contributed by atoms with Gasteiger partial charge < -0.3 is 19.5 Å². The Balaban J connectivity index is 1.69. The summed E-state index contributed by atoms with van der Waals surface area (Å²) >= 11 is 0. The molecule has 3 aromatic rings. The van der Waals surface area contributed by atoms with E-state index in [2.05, 4.69) is 47.4 Å². The zero-order valence-corrected chi connectivity index (χ0v) is 18.8. The fourth-order valence-corrected chi connectivity index (χ4v) is 5.02. The molecule has 31 heavy (non-hydrogen) atoms. The van der Waals surface area contributed by atoms with Crippen LogP contribution in [0, 0.1) is 0 Å². The molecule has 0 bridgehead atoms. The molecular weight excluding hydrogens is 386 g/mol. The molecule has 0 spiro atoms. The maximum atomic E-state index is 12.2. The Morgan fingerprint density at radius 1 is 0.903 bits per heavy atom. The first-order valence-corrected chi connectivity index (χ1v) is 11.1. The summed E-state index contributed by atoms with van der Waals surface area (Å²) in [7, 11) is 5.75. The van der Waals surface area contributed by atoms with Gasteiger partial charge in [-0.25, -0.2) is 0 Å². The van der Waals surface area contributed by atoms with E-state index < -0.39 is 11.2 Å². The number of benzene rings is 3. The van der Waals surface area contributed by atoms with Crippen molar-refractivity contribution in [1.82, 2.24) is 4.90 Å². The molecule has 1 N–H and O–H groups in total. The Morgan fingerprint density at radius 3 is 2.45 bits per heavy atom. The second-order valence-electron chi connectivity index (χ2n) is 9.00. The van der Waals surface area contributed by atoms with Crippen LogP contribution < -0.4 is 4.74 Å². The number of hydrogen-bond acceptors (Lipinski definition) is 4.